The number of carbonyl (C=O) groups is 2. The van der Waals surface area contributed by atoms with E-state index in [1.54, 1.807) is 18.7 Å². The average Bonchev–Trinajstić information content (AvgIpc) is 2.84. The van der Waals surface area contributed by atoms with Crippen LogP contribution in [-0.2, 0) is 22.6 Å². The lowest BCUT2D eigenvalue weighted by Crippen LogP contribution is -2.41. The summed E-state index contributed by atoms with van der Waals surface area (Å²) in [5.41, 5.74) is 4.88. The van der Waals surface area contributed by atoms with Gasteiger partial charge in [0.15, 0.2) is 5.78 Å². The first-order chi connectivity index (χ1) is 15.6. The Morgan fingerprint density at radius 2 is 1.88 bits per heavy atom. The highest BCUT2D eigenvalue weighted by atomic mass is 16.5. The fourth-order valence-electron chi connectivity index (χ4n) is 3.60. The Balaban J connectivity index is 1.49. The summed E-state index contributed by atoms with van der Waals surface area (Å²) in [7, 11) is 1.62. The molecule has 0 spiro atoms. The molecule has 7 nitrogen and oxygen atoms in total. The Bertz CT molecular complexity index is 940. The van der Waals surface area contributed by atoms with E-state index in [1.807, 2.05) is 48.5 Å². The van der Waals surface area contributed by atoms with Gasteiger partial charge in [0.1, 0.15) is 11.5 Å². The van der Waals surface area contributed by atoms with E-state index in [0.717, 1.165) is 35.5 Å². The lowest BCUT2D eigenvalue weighted by atomic mass is 9.93. The van der Waals surface area contributed by atoms with Crippen molar-refractivity contribution in [1.82, 2.24) is 10.8 Å². The molecule has 0 bridgehead atoms. The molecule has 0 saturated heterocycles. The van der Waals surface area contributed by atoms with E-state index < -0.39 is 0 Å². The van der Waals surface area contributed by atoms with Gasteiger partial charge in [-0.3, -0.25) is 14.8 Å². The predicted octanol–water partition coefficient (Wildman–Crippen LogP) is 3.44. The molecule has 1 atom stereocenters. The van der Waals surface area contributed by atoms with Crippen molar-refractivity contribution in [2.45, 2.75) is 44.7 Å². The molecular formula is C25H30N2O5. The van der Waals surface area contributed by atoms with E-state index >= 15 is 0 Å². The third-order valence-electron chi connectivity index (χ3n) is 5.48. The fraction of sp³-hybridized carbons (Fsp3) is 0.360. The monoisotopic (exact) mass is 438 g/mol. The van der Waals surface area contributed by atoms with Gasteiger partial charge < -0.3 is 14.8 Å². The van der Waals surface area contributed by atoms with Crippen LogP contribution >= 0.6 is 0 Å². The number of rotatable bonds is 11. The van der Waals surface area contributed by atoms with Crippen LogP contribution in [0.15, 0.2) is 48.5 Å². The molecular weight excluding hydrogens is 408 g/mol. The van der Waals surface area contributed by atoms with Gasteiger partial charge in [-0.05, 0) is 72.7 Å². The number of methoxy groups -OCH3 is 1. The van der Waals surface area contributed by atoms with E-state index in [-0.39, 0.29) is 17.7 Å². The molecule has 7 heteroatoms. The van der Waals surface area contributed by atoms with Crippen molar-refractivity contribution < 1.29 is 24.3 Å². The molecule has 2 aromatic carbocycles. The zero-order chi connectivity index (χ0) is 22.8. The molecule has 1 aliphatic rings. The molecule has 2 aromatic rings. The van der Waals surface area contributed by atoms with Gasteiger partial charge in [0.05, 0.1) is 19.8 Å². The smallest absolute Gasteiger partial charge is 0.243 e. The SMILES string of the molecule is COc1ccc(/C=C/C(=O)C2Cc3cc(OCCCCCC(=O)NO)ccc3CN2)cc1. The molecule has 32 heavy (non-hydrogen) atoms. The van der Waals surface area contributed by atoms with Crippen LogP contribution in [0.2, 0.25) is 0 Å². The van der Waals surface area contributed by atoms with Crippen LogP contribution in [0.4, 0.5) is 0 Å². The zero-order valence-electron chi connectivity index (χ0n) is 18.3. The van der Waals surface area contributed by atoms with Crippen molar-refractivity contribution >= 4 is 17.8 Å². The molecule has 0 aliphatic carbocycles. The summed E-state index contributed by atoms with van der Waals surface area (Å²) in [4.78, 5) is 23.7. The fourth-order valence-corrected chi connectivity index (χ4v) is 3.60. The van der Waals surface area contributed by atoms with Crippen molar-refractivity contribution in [2.75, 3.05) is 13.7 Å². The van der Waals surface area contributed by atoms with Gasteiger partial charge in [-0.25, -0.2) is 5.48 Å². The van der Waals surface area contributed by atoms with Crippen LogP contribution in [0.3, 0.4) is 0 Å². The van der Waals surface area contributed by atoms with E-state index in [4.69, 9.17) is 14.7 Å². The Kier molecular flexibility index (Phi) is 8.83. The zero-order valence-corrected chi connectivity index (χ0v) is 18.3. The van der Waals surface area contributed by atoms with E-state index in [2.05, 4.69) is 5.32 Å². The summed E-state index contributed by atoms with van der Waals surface area (Å²) in [6.07, 6.45) is 6.76. The molecule has 170 valence electrons. The molecule has 0 radical (unpaired) electrons. The lowest BCUT2D eigenvalue weighted by Gasteiger charge is -2.25. The first-order valence-electron chi connectivity index (χ1n) is 10.9. The van der Waals surface area contributed by atoms with Crippen LogP contribution < -0.4 is 20.3 Å². The van der Waals surface area contributed by atoms with Gasteiger partial charge in [-0.1, -0.05) is 24.3 Å². The number of hydrogen-bond acceptors (Lipinski definition) is 6. The molecule has 3 rings (SSSR count). The maximum absolute atomic E-state index is 12.7. The topological polar surface area (TPSA) is 96.9 Å². The number of amides is 1. The number of fused-ring (bicyclic) bond motifs is 1. The summed E-state index contributed by atoms with van der Waals surface area (Å²) < 4.78 is 11.0. The van der Waals surface area contributed by atoms with Crippen LogP contribution in [-0.4, -0.2) is 36.7 Å². The maximum Gasteiger partial charge on any atom is 0.243 e. The lowest BCUT2D eigenvalue weighted by molar-refractivity contribution is -0.129. The summed E-state index contributed by atoms with van der Waals surface area (Å²) in [6.45, 7) is 1.21. The highest BCUT2D eigenvalue weighted by Gasteiger charge is 2.22. The van der Waals surface area contributed by atoms with Gasteiger partial charge in [-0.15, -0.1) is 0 Å². The Hall–Kier alpha value is -3.16. The number of hydrogen-bond donors (Lipinski definition) is 3. The standard InChI is InChI=1S/C25H30N2O5/c1-31-21-10-6-18(7-11-21)8-13-24(28)23-16-20-15-22(12-9-19(20)17-26-23)32-14-4-2-3-5-25(29)27-30/h6-13,15,23,26,30H,2-5,14,16-17H2,1H3,(H,27,29)/b13-8+. The summed E-state index contributed by atoms with van der Waals surface area (Å²) >= 11 is 0. The molecule has 0 fully saturated rings. The molecule has 1 unspecified atom stereocenters. The summed E-state index contributed by atoms with van der Waals surface area (Å²) in [6, 6.07) is 13.3. The van der Waals surface area contributed by atoms with Crippen molar-refractivity contribution in [1.29, 1.82) is 0 Å². The first kappa shape index (κ1) is 23.5. The molecule has 3 N–H and O–H groups in total. The number of hydroxylamine groups is 1. The normalized spacial score (nSPS) is 15.2. The number of benzene rings is 2. The largest absolute Gasteiger partial charge is 0.497 e. The predicted molar refractivity (Wildman–Crippen MR) is 122 cm³/mol. The average molecular weight is 439 g/mol. The Morgan fingerprint density at radius 3 is 2.62 bits per heavy atom. The third kappa shape index (κ3) is 6.93. The molecule has 1 heterocycles. The highest BCUT2D eigenvalue weighted by molar-refractivity contribution is 5.98. The van der Waals surface area contributed by atoms with E-state index in [9.17, 15) is 9.59 Å². The first-order valence-corrected chi connectivity index (χ1v) is 10.9. The van der Waals surface area contributed by atoms with E-state index in [0.29, 0.717) is 32.4 Å². The Morgan fingerprint density at radius 1 is 1.09 bits per heavy atom. The minimum absolute atomic E-state index is 0.0460. The summed E-state index contributed by atoms with van der Waals surface area (Å²) in [5.74, 6) is 1.26. The van der Waals surface area contributed by atoms with Gasteiger partial charge in [0, 0.05) is 13.0 Å². The van der Waals surface area contributed by atoms with Crippen molar-refractivity contribution in [3.8, 4) is 11.5 Å². The number of ether oxygens (including phenoxy) is 2. The third-order valence-corrected chi connectivity index (χ3v) is 5.48. The second-order valence-corrected chi connectivity index (χ2v) is 7.77. The number of ketones is 1. The van der Waals surface area contributed by atoms with Crippen LogP contribution in [0.1, 0.15) is 42.4 Å². The van der Waals surface area contributed by atoms with Gasteiger partial charge in [0.25, 0.3) is 0 Å². The maximum atomic E-state index is 12.7. The van der Waals surface area contributed by atoms with Gasteiger partial charge in [-0.2, -0.15) is 0 Å². The molecule has 0 saturated carbocycles. The highest BCUT2D eigenvalue weighted by Crippen LogP contribution is 2.23. The van der Waals surface area contributed by atoms with E-state index in [1.165, 1.54) is 5.56 Å². The molecule has 1 aliphatic heterocycles. The Labute approximate surface area is 188 Å². The van der Waals surface area contributed by atoms with Crippen molar-refractivity contribution in [3.05, 3.63) is 65.2 Å². The van der Waals surface area contributed by atoms with Crippen molar-refractivity contribution in [2.24, 2.45) is 0 Å². The van der Waals surface area contributed by atoms with Crippen LogP contribution in [0.5, 0.6) is 11.5 Å². The minimum atomic E-state index is -0.364. The summed E-state index contributed by atoms with van der Waals surface area (Å²) in [5, 5.41) is 11.8. The number of nitrogens with one attached hydrogen (secondary N) is 2. The van der Waals surface area contributed by atoms with Gasteiger partial charge >= 0.3 is 0 Å². The second kappa shape index (κ2) is 12.0. The van der Waals surface area contributed by atoms with Gasteiger partial charge in [0.2, 0.25) is 5.91 Å². The van der Waals surface area contributed by atoms with Crippen LogP contribution in [0, 0.1) is 0 Å². The van der Waals surface area contributed by atoms with Crippen LogP contribution in [0.25, 0.3) is 6.08 Å². The van der Waals surface area contributed by atoms with Crippen molar-refractivity contribution in [3.63, 3.8) is 0 Å². The molecule has 0 aromatic heterocycles. The number of carbonyl (C=O) groups excluding carboxylic acids is 2. The second-order valence-electron chi connectivity index (χ2n) is 7.77. The molecule has 1 amide bonds. The quantitative estimate of drug-likeness (QED) is 0.215. The number of unbranched alkanes of at least 4 members (excludes halogenated alkanes) is 2. The minimum Gasteiger partial charge on any atom is -0.497 e.